The average molecular weight is 463 g/mol. The second-order valence-electron chi connectivity index (χ2n) is 10.7. The number of methoxy groups -OCH3 is 1. The van der Waals surface area contributed by atoms with Gasteiger partial charge in [-0.15, -0.1) is 0 Å². The second kappa shape index (κ2) is 9.61. The first-order valence-electron chi connectivity index (χ1n) is 12.8. The van der Waals surface area contributed by atoms with Crippen molar-refractivity contribution in [3.05, 3.63) is 59.6 Å². The third-order valence-corrected chi connectivity index (χ3v) is 8.64. The molecule has 1 aromatic carbocycles. The first kappa shape index (κ1) is 23.2. The molecule has 0 bridgehead atoms. The van der Waals surface area contributed by atoms with E-state index < -0.39 is 0 Å². The van der Waals surface area contributed by atoms with Crippen LogP contribution in [-0.4, -0.2) is 55.5 Å². The first-order valence-corrected chi connectivity index (χ1v) is 12.8. The highest BCUT2D eigenvalue weighted by atomic mass is 16.5. The summed E-state index contributed by atoms with van der Waals surface area (Å²) in [7, 11) is 3.72. The largest absolute Gasteiger partial charge is 0.497 e. The smallest absolute Gasteiger partial charge is 0.246 e. The van der Waals surface area contributed by atoms with Crippen molar-refractivity contribution in [2.45, 2.75) is 56.9 Å². The Kier molecular flexibility index (Phi) is 6.57. The van der Waals surface area contributed by atoms with E-state index in [0.717, 1.165) is 55.2 Å². The van der Waals surface area contributed by atoms with E-state index in [1.165, 1.54) is 31.5 Å². The lowest BCUT2D eigenvalue weighted by Crippen LogP contribution is -2.56. The molecule has 0 radical (unpaired) electrons. The maximum atomic E-state index is 13.1. The van der Waals surface area contributed by atoms with Crippen LogP contribution in [0.5, 0.6) is 5.75 Å². The van der Waals surface area contributed by atoms with Crippen LogP contribution >= 0.6 is 0 Å². The van der Waals surface area contributed by atoms with E-state index in [9.17, 15) is 4.79 Å². The first-order chi connectivity index (χ1) is 16.5. The summed E-state index contributed by atoms with van der Waals surface area (Å²) in [5.41, 5.74) is 2.44. The molecule has 2 aliphatic carbocycles. The molecule has 1 aromatic heterocycles. The Morgan fingerprint density at radius 3 is 2.85 bits per heavy atom. The number of rotatable bonds is 7. The number of nitrogens with zero attached hydrogens (tertiary/aromatic N) is 2. The molecule has 1 amide bonds. The van der Waals surface area contributed by atoms with Gasteiger partial charge in [-0.3, -0.25) is 4.79 Å². The van der Waals surface area contributed by atoms with Gasteiger partial charge in [0.2, 0.25) is 5.91 Å². The van der Waals surface area contributed by atoms with Crippen LogP contribution in [0.25, 0.3) is 6.08 Å². The number of hydrogen-bond donors (Lipinski definition) is 0. The van der Waals surface area contributed by atoms with Crippen LogP contribution in [-0.2, 0) is 10.2 Å². The minimum Gasteiger partial charge on any atom is -0.497 e. The number of carbonyl (C=O) groups excluding carboxylic acids is 1. The third kappa shape index (κ3) is 4.68. The molecule has 3 aliphatic rings. The third-order valence-electron chi connectivity index (χ3n) is 8.64. The number of ether oxygens (including phenoxy) is 1. The summed E-state index contributed by atoms with van der Waals surface area (Å²) in [5.74, 6) is 3.38. The number of carbonyl (C=O) groups is 1. The maximum absolute atomic E-state index is 13.1. The maximum Gasteiger partial charge on any atom is 0.246 e. The van der Waals surface area contributed by atoms with Crippen molar-refractivity contribution in [1.29, 1.82) is 0 Å². The molecular formula is C29H38N2O3. The van der Waals surface area contributed by atoms with Crippen molar-refractivity contribution in [3.63, 3.8) is 0 Å². The molecule has 2 saturated carbocycles. The molecule has 3 fully saturated rings. The van der Waals surface area contributed by atoms with Crippen molar-refractivity contribution in [3.8, 4) is 5.75 Å². The second-order valence-corrected chi connectivity index (χ2v) is 10.7. The topological polar surface area (TPSA) is 45.9 Å². The van der Waals surface area contributed by atoms with Crippen molar-refractivity contribution in [2.75, 3.05) is 33.8 Å². The highest BCUT2D eigenvalue weighted by Gasteiger charge is 2.49. The Balaban J connectivity index is 1.36. The number of aryl methyl sites for hydroxylation is 1. The van der Waals surface area contributed by atoms with Gasteiger partial charge >= 0.3 is 0 Å². The van der Waals surface area contributed by atoms with E-state index in [1.54, 1.807) is 19.4 Å². The minimum atomic E-state index is 0.0658. The lowest BCUT2D eigenvalue weighted by Gasteiger charge is -2.54. The average Bonchev–Trinajstić information content (AvgIpc) is 3.59. The fourth-order valence-electron chi connectivity index (χ4n) is 6.31. The van der Waals surface area contributed by atoms with E-state index in [1.807, 2.05) is 37.1 Å². The van der Waals surface area contributed by atoms with Crippen molar-refractivity contribution < 1.29 is 13.9 Å². The Hall–Kier alpha value is -2.53. The molecule has 182 valence electrons. The van der Waals surface area contributed by atoms with Gasteiger partial charge in [0.1, 0.15) is 11.5 Å². The van der Waals surface area contributed by atoms with Crippen LogP contribution in [0.4, 0.5) is 0 Å². The summed E-state index contributed by atoms with van der Waals surface area (Å²) in [4.78, 5) is 17.8. The van der Waals surface area contributed by atoms with Crippen molar-refractivity contribution in [2.24, 2.45) is 11.8 Å². The van der Waals surface area contributed by atoms with Crippen LogP contribution in [0, 0.1) is 18.8 Å². The molecule has 2 heterocycles. The summed E-state index contributed by atoms with van der Waals surface area (Å²) < 4.78 is 11.0. The predicted molar refractivity (Wildman–Crippen MR) is 135 cm³/mol. The zero-order valence-corrected chi connectivity index (χ0v) is 20.8. The van der Waals surface area contributed by atoms with Crippen LogP contribution < -0.4 is 4.74 Å². The number of piperidine rings is 1. The molecule has 0 N–H and O–H groups in total. The molecule has 5 heteroatoms. The van der Waals surface area contributed by atoms with Gasteiger partial charge in [-0.1, -0.05) is 12.1 Å². The number of fused-ring (bicyclic) bond motifs is 1. The number of furan rings is 1. The highest BCUT2D eigenvalue weighted by molar-refractivity contribution is 5.92. The van der Waals surface area contributed by atoms with Crippen LogP contribution in [0.1, 0.15) is 55.4 Å². The van der Waals surface area contributed by atoms with Crippen LogP contribution in [0.2, 0.25) is 0 Å². The van der Waals surface area contributed by atoms with E-state index in [4.69, 9.17) is 9.15 Å². The van der Waals surface area contributed by atoms with E-state index in [0.29, 0.717) is 5.92 Å². The van der Waals surface area contributed by atoms with Crippen LogP contribution in [0.3, 0.4) is 0 Å². The lowest BCUT2D eigenvalue weighted by molar-refractivity contribution is -0.128. The van der Waals surface area contributed by atoms with Gasteiger partial charge in [0, 0.05) is 43.2 Å². The fourth-order valence-corrected chi connectivity index (χ4v) is 6.31. The van der Waals surface area contributed by atoms with Crippen molar-refractivity contribution in [1.82, 2.24) is 9.80 Å². The number of benzene rings is 1. The monoisotopic (exact) mass is 462 g/mol. The zero-order chi connectivity index (χ0) is 23.7. The Morgan fingerprint density at radius 1 is 1.26 bits per heavy atom. The fraction of sp³-hybridized carbons (Fsp3) is 0.552. The molecule has 34 heavy (non-hydrogen) atoms. The van der Waals surface area contributed by atoms with Gasteiger partial charge in [-0.05, 0) is 93.7 Å². The molecule has 1 saturated heterocycles. The van der Waals surface area contributed by atoms with Gasteiger partial charge in [-0.2, -0.15) is 0 Å². The molecule has 0 spiro atoms. The number of hydrogen-bond acceptors (Lipinski definition) is 4. The molecule has 1 aliphatic heterocycles. The molecule has 2 aromatic rings. The van der Waals surface area contributed by atoms with Crippen LogP contribution in [0.15, 0.2) is 47.1 Å². The SMILES string of the molecule is COc1cccc([C@@]23CCN(CC4CC4)C[C@H]2CC[C@H](N(C)C(=O)/C=C/c2ccoc2C)C3)c1. The lowest BCUT2D eigenvalue weighted by atomic mass is 9.57. The van der Waals surface area contributed by atoms with Gasteiger partial charge < -0.3 is 19.0 Å². The van der Waals surface area contributed by atoms with E-state index in [2.05, 4.69) is 23.1 Å². The minimum absolute atomic E-state index is 0.0658. The Labute approximate surface area is 203 Å². The molecule has 5 rings (SSSR count). The molecule has 0 unspecified atom stereocenters. The van der Waals surface area contributed by atoms with E-state index >= 15 is 0 Å². The van der Waals surface area contributed by atoms with Crippen molar-refractivity contribution >= 4 is 12.0 Å². The van der Waals surface area contributed by atoms with Gasteiger partial charge in [-0.25, -0.2) is 0 Å². The summed E-state index contributed by atoms with van der Waals surface area (Å²) >= 11 is 0. The normalized spacial score (nSPS) is 27.5. The van der Waals surface area contributed by atoms with Gasteiger partial charge in [0.25, 0.3) is 0 Å². The Bertz CT molecular complexity index is 1040. The number of amides is 1. The zero-order valence-electron chi connectivity index (χ0n) is 20.8. The summed E-state index contributed by atoms with van der Waals surface area (Å²) in [6.07, 6.45) is 12.4. The number of likely N-dealkylation sites (tertiary alicyclic amines) is 1. The standard InChI is InChI=1S/C29H38N2O3/c1-21-23(13-16-34-21)9-12-28(32)30(2)26-11-10-25-20-31(19-22-7-8-22)15-14-29(25,18-26)24-5-4-6-27(17-24)33-3/h4-6,9,12-13,16-17,22,25-26H,7-8,10-11,14-15,18-20H2,1-3H3/b12-9+/t25-,26+,29+/m1/s1. The van der Waals surface area contributed by atoms with Gasteiger partial charge in [0.05, 0.1) is 13.4 Å². The summed E-state index contributed by atoms with van der Waals surface area (Å²) in [6, 6.07) is 10.8. The quantitative estimate of drug-likeness (QED) is 0.525. The van der Waals surface area contributed by atoms with E-state index in [-0.39, 0.29) is 17.4 Å². The highest BCUT2D eigenvalue weighted by Crippen LogP contribution is 2.51. The number of likely N-dealkylation sites (N-methyl/N-ethyl adjacent to an activating group) is 1. The predicted octanol–water partition coefficient (Wildman–Crippen LogP) is 5.29. The summed E-state index contributed by atoms with van der Waals surface area (Å²) in [5, 5.41) is 0. The summed E-state index contributed by atoms with van der Waals surface area (Å²) in [6.45, 7) is 5.51. The molecule has 3 atom stereocenters. The molecular weight excluding hydrogens is 424 g/mol. The van der Waals surface area contributed by atoms with Gasteiger partial charge in [0.15, 0.2) is 0 Å². The molecule has 5 nitrogen and oxygen atoms in total. The Morgan fingerprint density at radius 2 is 2.12 bits per heavy atom.